The van der Waals surface area contributed by atoms with Gasteiger partial charge in [0.2, 0.25) is 5.91 Å². The van der Waals surface area contributed by atoms with Crippen molar-refractivity contribution in [3.63, 3.8) is 0 Å². The fourth-order valence-electron chi connectivity index (χ4n) is 2.59. The van der Waals surface area contributed by atoms with Gasteiger partial charge in [-0.15, -0.1) is 12.4 Å². The van der Waals surface area contributed by atoms with E-state index < -0.39 is 0 Å². The summed E-state index contributed by atoms with van der Waals surface area (Å²) in [7, 11) is 1.88. The maximum atomic E-state index is 12.5. The van der Waals surface area contributed by atoms with E-state index in [9.17, 15) is 4.79 Å². The van der Waals surface area contributed by atoms with Crippen LogP contribution in [-0.4, -0.2) is 25.5 Å². The van der Waals surface area contributed by atoms with Gasteiger partial charge in [0.15, 0.2) is 0 Å². The Morgan fingerprint density at radius 1 is 1.42 bits per heavy atom. The molecule has 1 saturated heterocycles. The zero-order valence-corrected chi connectivity index (χ0v) is 12.7. The molecule has 19 heavy (non-hydrogen) atoms. The van der Waals surface area contributed by atoms with Crippen molar-refractivity contribution in [1.29, 1.82) is 0 Å². The molecule has 1 aliphatic heterocycles. The Morgan fingerprint density at radius 3 is 2.79 bits per heavy atom. The zero-order valence-electron chi connectivity index (χ0n) is 11.8. The molecule has 0 unspecified atom stereocenters. The van der Waals surface area contributed by atoms with Gasteiger partial charge in [0, 0.05) is 24.7 Å². The smallest absolute Gasteiger partial charge is 0.229 e. The first-order chi connectivity index (χ1) is 8.58. The minimum atomic E-state index is 0. The van der Waals surface area contributed by atoms with E-state index in [1.165, 1.54) is 5.56 Å². The van der Waals surface area contributed by atoms with Crippen LogP contribution in [-0.2, 0) is 4.79 Å². The van der Waals surface area contributed by atoms with Crippen molar-refractivity contribution in [2.24, 2.45) is 5.92 Å². The summed E-state index contributed by atoms with van der Waals surface area (Å²) in [6.07, 6.45) is 1.88. The number of carbonyl (C=O) groups excluding carboxylic acids is 1. The molecule has 0 aliphatic carbocycles. The molecule has 0 aromatic heterocycles. The van der Waals surface area contributed by atoms with Crippen molar-refractivity contribution in [2.75, 3.05) is 18.5 Å². The molecule has 2 rings (SSSR count). The Bertz CT molecular complexity index is 436. The van der Waals surface area contributed by atoms with E-state index in [0.29, 0.717) is 6.04 Å². The van der Waals surface area contributed by atoms with Crippen LogP contribution >= 0.6 is 12.4 Å². The van der Waals surface area contributed by atoms with Gasteiger partial charge in [0.25, 0.3) is 0 Å². The van der Waals surface area contributed by atoms with Crippen LogP contribution in [0.3, 0.4) is 0 Å². The number of piperidine rings is 1. The SMILES string of the molecule is Cc1cccc(N(C)C(=O)[C@H]2CCN[C@@H](C)C2)c1.Cl. The fourth-order valence-corrected chi connectivity index (χ4v) is 2.59. The van der Waals surface area contributed by atoms with Gasteiger partial charge in [-0.25, -0.2) is 0 Å². The molecule has 1 aromatic rings. The molecule has 1 amide bonds. The van der Waals surface area contributed by atoms with Crippen molar-refractivity contribution < 1.29 is 4.79 Å². The molecule has 0 radical (unpaired) electrons. The third kappa shape index (κ3) is 3.95. The number of rotatable bonds is 2. The molecule has 1 aromatic carbocycles. The van der Waals surface area contributed by atoms with Gasteiger partial charge >= 0.3 is 0 Å². The number of aryl methyl sites for hydroxylation is 1. The van der Waals surface area contributed by atoms with Crippen LogP contribution in [0, 0.1) is 12.8 Å². The number of amides is 1. The van der Waals surface area contributed by atoms with Crippen LogP contribution < -0.4 is 10.2 Å². The van der Waals surface area contributed by atoms with Gasteiger partial charge in [0.05, 0.1) is 0 Å². The number of hydrogen-bond acceptors (Lipinski definition) is 2. The van der Waals surface area contributed by atoms with Gasteiger partial charge < -0.3 is 10.2 Å². The molecule has 1 fully saturated rings. The highest BCUT2D eigenvalue weighted by Gasteiger charge is 2.27. The largest absolute Gasteiger partial charge is 0.315 e. The predicted octanol–water partition coefficient (Wildman–Crippen LogP) is 2.77. The van der Waals surface area contributed by atoms with Gasteiger partial charge in [-0.1, -0.05) is 12.1 Å². The first-order valence-electron chi connectivity index (χ1n) is 6.65. The van der Waals surface area contributed by atoms with Gasteiger partial charge in [-0.2, -0.15) is 0 Å². The number of nitrogens with one attached hydrogen (secondary N) is 1. The summed E-state index contributed by atoms with van der Waals surface area (Å²) in [5, 5.41) is 3.38. The highest BCUT2D eigenvalue weighted by molar-refractivity contribution is 5.94. The predicted molar refractivity (Wildman–Crippen MR) is 82.0 cm³/mol. The minimum absolute atomic E-state index is 0. The summed E-state index contributed by atoms with van der Waals surface area (Å²) in [5.74, 6) is 0.403. The van der Waals surface area contributed by atoms with Crippen LogP contribution in [0.15, 0.2) is 24.3 Å². The standard InChI is InChI=1S/C15H22N2O.ClH/c1-11-5-4-6-14(9-11)17(3)15(18)13-7-8-16-12(2)10-13;/h4-6,9,12-13,16H,7-8,10H2,1-3H3;1H/t12-,13-;/m0./s1. The quantitative estimate of drug-likeness (QED) is 0.905. The van der Waals surface area contributed by atoms with Crippen molar-refractivity contribution in [3.05, 3.63) is 29.8 Å². The lowest BCUT2D eigenvalue weighted by molar-refractivity contribution is -0.123. The molecule has 1 heterocycles. The molecule has 1 aliphatic rings. The molecule has 0 bridgehead atoms. The summed E-state index contributed by atoms with van der Waals surface area (Å²) < 4.78 is 0. The fraction of sp³-hybridized carbons (Fsp3) is 0.533. The summed E-state index contributed by atoms with van der Waals surface area (Å²) in [4.78, 5) is 14.3. The van der Waals surface area contributed by atoms with E-state index in [2.05, 4.69) is 31.3 Å². The van der Waals surface area contributed by atoms with Crippen molar-refractivity contribution in [1.82, 2.24) is 5.32 Å². The second kappa shape index (κ2) is 6.92. The average Bonchev–Trinajstić information content (AvgIpc) is 2.37. The van der Waals surface area contributed by atoms with E-state index in [0.717, 1.165) is 25.1 Å². The maximum Gasteiger partial charge on any atom is 0.229 e. The average molecular weight is 283 g/mol. The van der Waals surface area contributed by atoms with Gasteiger partial charge in [-0.05, 0) is 50.9 Å². The third-order valence-electron chi connectivity index (χ3n) is 3.69. The summed E-state index contributed by atoms with van der Waals surface area (Å²) in [5.41, 5.74) is 2.18. The van der Waals surface area contributed by atoms with Crippen LogP contribution in [0.5, 0.6) is 0 Å². The van der Waals surface area contributed by atoms with Crippen molar-refractivity contribution in [3.8, 4) is 0 Å². The maximum absolute atomic E-state index is 12.5. The number of hydrogen-bond donors (Lipinski definition) is 1. The molecule has 3 nitrogen and oxygen atoms in total. The molecule has 2 atom stereocenters. The third-order valence-corrected chi connectivity index (χ3v) is 3.69. The summed E-state index contributed by atoms with van der Waals surface area (Å²) in [6.45, 7) is 5.14. The van der Waals surface area contributed by atoms with Crippen molar-refractivity contribution in [2.45, 2.75) is 32.7 Å². The minimum Gasteiger partial charge on any atom is -0.315 e. The molecule has 0 saturated carbocycles. The normalized spacial score (nSPS) is 22.5. The zero-order chi connectivity index (χ0) is 13.1. The Hall–Kier alpha value is -1.06. The molecular formula is C15H23ClN2O. The van der Waals surface area contributed by atoms with Gasteiger partial charge in [-0.3, -0.25) is 4.79 Å². The Labute approximate surface area is 121 Å². The van der Waals surface area contributed by atoms with E-state index >= 15 is 0 Å². The van der Waals surface area contributed by atoms with E-state index in [4.69, 9.17) is 0 Å². The first kappa shape index (κ1) is 16.0. The lowest BCUT2D eigenvalue weighted by atomic mass is 9.92. The molecule has 1 N–H and O–H groups in total. The number of halogens is 1. The Kier molecular flexibility index (Phi) is 5.83. The Balaban J connectivity index is 0.00000180. The summed E-state index contributed by atoms with van der Waals surface area (Å²) >= 11 is 0. The highest BCUT2D eigenvalue weighted by atomic mass is 35.5. The lowest BCUT2D eigenvalue weighted by Gasteiger charge is -2.30. The monoisotopic (exact) mass is 282 g/mol. The number of carbonyl (C=O) groups is 1. The molecule has 106 valence electrons. The highest BCUT2D eigenvalue weighted by Crippen LogP contribution is 2.22. The van der Waals surface area contributed by atoms with Crippen LogP contribution in [0.1, 0.15) is 25.3 Å². The lowest BCUT2D eigenvalue weighted by Crippen LogP contribution is -2.43. The van der Waals surface area contributed by atoms with E-state index in [-0.39, 0.29) is 24.2 Å². The summed E-state index contributed by atoms with van der Waals surface area (Å²) in [6, 6.07) is 8.55. The van der Waals surface area contributed by atoms with Gasteiger partial charge in [0.1, 0.15) is 0 Å². The van der Waals surface area contributed by atoms with Crippen LogP contribution in [0.25, 0.3) is 0 Å². The molecular weight excluding hydrogens is 260 g/mol. The number of benzene rings is 1. The second-order valence-corrected chi connectivity index (χ2v) is 5.31. The van der Waals surface area contributed by atoms with E-state index in [1.807, 2.05) is 19.2 Å². The molecule has 4 heteroatoms. The topological polar surface area (TPSA) is 32.3 Å². The van der Waals surface area contributed by atoms with Crippen molar-refractivity contribution >= 4 is 24.0 Å². The Morgan fingerprint density at radius 2 is 2.16 bits per heavy atom. The van der Waals surface area contributed by atoms with Crippen LogP contribution in [0.2, 0.25) is 0 Å². The second-order valence-electron chi connectivity index (χ2n) is 5.31. The number of anilines is 1. The number of nitrogens with zero attached hydrogens (tertiary/aromatic N) is 1. The molecule has 0 spiro atoms. The van der Waals surface area contributed by atoms with E-state index in [1.54, 1.807) is 4.90 Å². The van der Waals surface area contributed by atoms with Crippen LogP contribution in [0.4, 0.5) is 5.69 Å². The first-order valence-corrected chi connectivity index (χ1v) is 6.65.